The highest BCUT2D eigenvalue weighted by Crippen LogP contribution is 2.38. The predicted molar refractivity (Wildman–Crippen MR) is 77.6 cm³/mol. The van der Waals surface area contributed by atoms with Crippen molar-refractivity contribution in [1.29, 1.82) is 0 Å². The summed E-state index contributed by atoms with van der Waals surface area (Å²) in [6, 6.07) is 0.162. The molecule has 0 spiro atoms. The highest BCUT2D eigenvalue weighted by atomic mass is 32.2. The highest BCUT2D eigenvalue weighted by molar-refractivity contribution is 7.92. The summed E-state index contributed by atoms with van der Waals surface area (Å²) >= 11 is 0. The fourth-order valence-corrected chi connectivity index (χ4v) is 5.21. The lowest BCUT2D eigenvalue weighted by atomic mass is 9.75. The van der Waals surface area contributed by atoms with Crippen LogP contribution in [-0.2, 0) is 9.84 Å². The Morgan fingerprint density at radius 2 is 1.89 bits per heavy atom. The molecule has 3 nitrogen and oxygen atoms in total. The zero-order valence-electron chi connectivity index (χ0n) is 12.3. The second-order valence-electron chi connectivity index (χ2n) is 6.37. The molecule has 0 aromatic carbocycles. The van der Waals surface area contributed by atoms with Crippen LogP contribution in [0.15, 0.2) is 0 Å². The Morgan fingerprint density at radius 3 is 2.44 bits per heavy atom. The Bertz CT molecular complexity index is 349. The van der Waals surface area contributed by atoms with Crippen molar-refractivity contribution in [3.63, 3.8) is 0 Å². The molecule has 0 bridgehead atoms. The first-order chi connectivity index (χ1) is 8.32. The van der Waals surface area contributed by atoms with Crippen LogP contribution in [0.2, 0.25) is 0 Å². The molecule has 0 heterocycles. The van der Waals surface area contributed by atoms with E-state index >= 15 is 0 Å². The van der Waals surface area contributed by atoms with E-state index in [9.17, 15) is 8.42 Å². The number of hydrogen-bond donors (Lipinski definition) is 1. The minimum atomic E-state index is -2.95. The topological polar surface area (TPSA) is 46.2 Å². The van der Waals surface area contributed by atoms with E-state index in [1.165, 1.54) is 0 Å². The Morgan fingerprint density at radius 1 is 1.22 bits per heavy atom. The number of sulfone groups is 1. The number of hydrogen-bond acceptors (Lipinski definition) is 3. The van der Waals surface area contributed by atoms with Gasteiger partial charge in [0, 0.05) is 6.04 Å². The molecular formula is C14H29NO2S. The zero-order valence-corrected chi connectivity index (χ0v) is 13.1. The van der Waals surface area contributed by atoms with Gasteiger partial charge in [-0.2, -0.15) is 0 Å². The minimum Gasteiger partial charge on any atom is -0.313 e. The van der Waals surface area contributed by atoms with Gasteiger partial charge >= 0.3 is 0 Å². The van der Waals surface area contributed by atoms with E-state index in [0.717, 1.165) is 38.6 Å². The summed E-state index contributed by atoms with van der Waals surface area (Å²) in [5.74, 6) is 0.331. The maximum atomic E-state index is 12.4. The average Bonchev–Trinajstić information content (AvgIpc) is 2.26. The van der Waals surface area contributed by atoms with Crippen molar-refractivity contribution in [2.45, 2.75) is 71.1 Å². The van der Waals surface area contributed by atoms with Gasteiger partial charge in [-0.3, -0.25) is 0 Å². The van der Waals surface area contributed by atoms with Gasteiger partial charge in [-0.05, 0) is 44.1 Å². The maximum Gasteiger partial charge on any atom is 0.154 e. The maximum absolute atomic E-state index is 12.4. The van der Waals surface area contributed by atoms with Gasteiger partial charge < -0.3 is 5.32 Å². The molecule has 18 heavy (non-hydrogen) atoms. The second-order valence-corrected chi connectivity index (χ2v) is 8.71. The van der Waals surface area contributed by atoms with Gasteiger partial charge in [0.25, 0.3) is 0 Å². The van der Waals surface area contributed by atoms with Crippen LogP contribution in [0, 0.1) is 5.41 Å². The van der Waals surface area contributed by atoms with Crippen LogP contribution in [0.5, 0.6) is 0 Å². The average molecular weight is 275 g/mol. The Labute approximate surface area is 113 Å². The lowest BCUT2D eigenvalue weighted by molar-refractivity contribution is 0.209. The fourth-order valence-electron chi connectivity index (χ4n) is 2.90. The van der Waals surface area contributed by atoms with Crippen molar-refractivity contribution in [3.8, 4) is 0 Å². The molecule has 0 aromatic heterocycles. The first kappa shape index (κ1) is 16.0. The first-order valence-corrected chi connectivity index (χ1v) is 8.99. The summed E-state index contributed by atoms with van der Waals surface area (Å²) in [7, 11) is -2.95. The molecule has 108 valence electrons. The van der Waals surface area contributed by atoms with E-state index in [1.807, 2.05) is 6.92 Å². The van der Waals surface area contributed by atoms with Crippen molar-refractivity contribution < 1.29 is 8.42 Å². The predicted octanol–water partition coefficient (Wildman–Crippen LogP) is 2.76. The smallest absolute Gasteiger partial charge is 0.154 e. The van der Waals surface area contributed by atoms with E-state index in [-0.39, 0.29) is 16.7 Å². The minimum absolute atomic E-state index is 0.162. The summed E-state index contributed by atoms with van der Waals surface area (Å²) in [5.41, 5.74) is 0.163. The number of rotatable bonds is 6. The molecule has 1 fully saturated rings. The Balaban J connectivity index is 2.83. The second kappa shape index (κ2) is 6.38. The van der Waals surface area contributed by atoms with Crippen LogP contribution in [0.1, 0.15) is 59.8 Å². The molecule has 1 rings (SSSR count). The summed E-state index contributed by atoms with van der Waals surface area (Å²) in [4.78, 5) is 0. The van der Waals surface area contributed by atoms with E-state index < -0.39 is 9.84 Å². The normalized spacial score (nSPS) is 28.2. The molecular weight excluding hydrogens is 246 g/mol. The lowest BCUT2D eigenvalue weighted by Gasteiger charge is -2.40. The van der Waals surface area contributed by atoms with Crippen molar-refractivity contribution in [3.05, 3.63) is 0 Å². The van der Waals surface area contributed by atoms with E-state index in [2.05, 4.69) is 26.1 Å². The molecule has 0 amide bonds. The molecule has 0 radical (unpaired) electrons. The van der Waals surface area contributed by atoms with Gasteiger partial charge in [0.1, 0.15) is 0 Å². The first-order valence-electron chi connectivity index (χ1n) is 7.27. The Hall–Kier alpha value is -0.0900. The van der Waals surface area contributed by atoms with Crippen LogP contribution in [-0.4, -0.2) is 32.0 Å². The van der Waals surface area contributed by atoms with Crippen LogP contribution < -0.4 is 5.32 Å². The van der Waals surface area contributed by atoms with E-state index in [1.54, 1.807) is 0 Å². The molecule has 1 aliphatic carbocycles. The molecule has 1 N–H and O–H groups in total. The summed E-state index contributed by atoms with van der Waals surface area (Å²) in [5, 5.41) is 3.26. The fraction of sp³-hybridized carbons (Fsp3) is 1.00. The molecule has 2 atom stereocenters. The highest BCUT2D eigenvalue weighted by Gasteiger charge is 2.41. The van der Waals surface area contributed by atoms with Gasteiger partial charge in [-0.15, -0.1) is 0 Å². The molecule has 1 aliphatic rings. The number of nitrogens with one attached hydrogen (secondary N) is 1. The zero-order chi connectivity index (χ0) is 13.8. The van der Waals surface area contributed by atoms with Crippen molar-refractivity contribution >= 4 is 9.84 Å². The van der Waals surface area contributed by atoms with Crippen LogP contribution in [0.3, 0.4) is 0 Å². The summed E-state index contributed by atoms with van der Waals surface area (Å²) in [6.45, 7) is 9.37. The van der Waals surface area contributed by atoms with Crippen molar-refractivity contribution in [2.75, 3.05) is 12.3 Å². The van der Waals surface area contributed by atoms with Crippen LogP contribution >= 0.6 is 0 Å². The molecule has 0 aromatic rings. The van der Waals surface area contributed by atoms with Crippen LogP contribution in [0.25, 0.3) is 0 Å². The molecule has 1 saturated carbocycles. The third-order valence-corrected chi connectivity index (χ3v) is 6.34. The van der Waals surface area contributed by atoms with Crippen molar-refractivity contribution in [1.82, 2.24) is 5.32 Å². The Kier molecular flexibility index (Phi) is 5.66. The molecule has 0 aliphatic heterocycles. The lowest BCUT2D eigenvalue weighted by Crippen LogP contribution is -2.50. The standard InChI is InChI=1S/C14H29NO2S/c1-5-9-15-12-7-8-14(3,4)11-13(12)18(16,17)10-6-2/h12-13,15H,5-11H2,1-4H3. The van der Waals surface area contributed by atoms with Gasteiger partial charge in [-0.25, -0.2) is 8.42 Å². The third-order valence-electron chi connectivity index (χ3n) is 3.94. The van der Waals surface area contributed by atoms with Crippen molar-refractivity contribution in [2.24, 2.45) is 5.41 Å². The van der Waals surface area contributed by atoms with Gasteiger partial charge in [0.2, 0.25) is 0 Å². The van der Waals surface area contributed by atoms with E-state index in [4.69, 9.17) is 0 Å². The quantitative estimate of drug-likeness (QED) is 0.811. The van der Waals surface area contributed by atoms with Gasteiger partial charge in [0.15, 0.2) is 9.84 Å². The monoisotopic (exact) mass is 275 g/mol. The van der Waals surface area contributed by atoms with Crippen LogP contribution in [0.4, 0.5) is 0 Å². The SMILES string of the molecule is CCCNC1CCC(C)(C)CC1S(=O)(=O)CCC. The van der Waals surface area contributed by atoms with Gasteiger partial charge in [0.05, 0.1) is 11.0 Å². The van der Waals surface area contributed by atoms with Gasteiger partial charge in [-0.1, -0.05) is 27.7 Å². The summed E-state index contributed by atoms with van der Waals surface area (Å²) < 4.78 is 24.8. The molecule has 4 heteroatoms. The third kappa shape index (κ3) is 4.23. The molecule has 2 unspecified atom stereocenters. The summed E-state index contributed by atoms with van der Waals surface area (Å²) in [6.07, 6.45) is 4.68. The largest absolute Gasteiger partial charge is 0.313 e. The van der Waals surface area contributed by atoms with E-state index in [0.29, 0.717) is 5.75 Å². The molecule has 0 saturated heterocycles.